The zero-order valence-electron chi connectivity index (χ0n) is 18.8. The molecule has 2 fully saturated rings. The number of amides is 1. The van der Waals surface area contributed by atoms with E-state index in [1.165, 1.54) is 44.2 Å². The summed E-state index contributed by atoms with van der Waals surface area (Å²) in [7, 11) is 4.28. The van der Waals surface area contributed by atoms with Gasteiger partial charge in [0.15, 0.2) is 0 Å². The molecule has 166 valence electrons. The summed E-state index contributed by atoms with van der Waals surface area (Å²) in [4.78, 5) is 17.3. The third-order valence-electron chi connectivity index (χ3n) is 6.71. The van der Waals surface area contributed by atoms with Crippen LogP contribution in [0.4, 0.5) is 11.4 Å². The van der Waals surface area contributed by atoms with Crippen molar-refractivity contribution in [1.82, 2.24) is 4.90 Å². The van der Waals surface area contributed by atoms with Crippen molar-refractivity contribution in [3.05, 3.63) is 54.1 Å². The van der Waals surface area contributed by atoms with Gasteiger partial charge in [-0.1, -0.05) is 19.3 Å². The van der Waals surface area contributed by atoms with Crippen molar-refractivity contribution in [2.45, 2.75) is 44.6 Å². The van der Waals surface area contributed by atoms with Gasteiger partial charge < -0.3 is 19.9 Å². The first-order chi connectivity index (χ1) is 15.1. The normalized spacial score (nSPS) is 19.6. The van der Waals surface area contributed by atoms with E-state index in [1.807, 2.05) is 36.4 Å². The number of rotatable bonds is 7. The van der Waals surface area contributed by atoms with Crippen molar-refractivity contribution in [3.63, 3.8) is 0 Å². The summed E-state index contributed by atoms with van der Waals surface area (Å²) in [5, 5.41) is 3.00. The predicted octanol–water partition coefficient (Wildman–Crippen LogP) is 5.04. The molecule has 2 aromatic rings. The monoisotopic (exact) mass is 421 g/mol. The molecule has 0 bridgehead atoms. The largest absolute Gasteiger partial charge is 0.493 e. The van der Waals surface area contributed by atoms with E-state index in [9.17, 15) is 4.79 Å². The molecule has 1 N–H and O–H groups in total. The highest BCUT2D eigenvalue weighted by atomic mass is 16.5. The second-order valence-electron chi connectivity index (χ2n) is 9.19. The fraction of sp³-hybridized carbons (Fsp3) is 0.500. The highest BCUT2D eigenvalue weighted by Gasteiger charge is 2.24. The van der Waals surface area contributed by atoms with Gasteiger partial charge in [0.2, 0.25) is 0 Å². The topological polar surface area (TPSA) is 44.8 Å². The van der Waals surface area contributed by atoms with Crippen molar-refractivity contribution in [2.24, 2.45) is 5.92 Å². The number of ether oxygens (including phenoxy) is 1. The Balaban J connectivity index is 1.28. The molecule has 1 heterocycles. The Hall–Kier alpha value is -2.53. The lowest BCUT2D eigenvalue weighted by Gasteiger charge is -2.22. The first-order valence-corrected chi connectivity index (χ1v) is 11.6. The number of hydrogen-bond donors (Lipinski definition) is 1. The van der Waals surface area contributed by atoms with Gasteiger partial charge >= 0.3 is 0 Å². The van der Waals surface area contributed by atoms with Crippen LogP contribution < -0.4 is 15.0 Å². The minimum absolute atomic E-state index is 0.0968. The van der Waals surface area contributed by atoms with Crippen molar-refractivity contribution < 1.29 is 9.53 Å². The first-order valence-electron chi connectivity index (χ1n) is 11.6. The molecular weight excluding hydrogens is 386 g/mol. The molecule has 2 aromatic carbocycles. The van der Waals surface area contributed by atoms with Crippen LogP contribution in [0.15, 0.2) is 48.5 Å². The highest BCUT2D eigenvalue weighted by molar-refractivity contribution is 6.04. The van der Waals surface area contributed by atoms with Gasteiger partial charge in [-0.05, 0) is 87.8 Å². The second-order valence-corrected chi connectivity index (χ2v) is 9.19. The molecule has 5 nitrogen and oxygen atoms in total. The smallest absolute Gasteiger partial charge is 0.255 e. The number of carbonyl (C=O) groups excluding carboxylic acids is 1. The van der Waals surface area contributed by atoms with Crippen LogP contribution in [0, 0.1) is 5.92 Å². The van der Waals surface area contributed by atoms with E-state index in [0.717, 1.165) is 31.1 Å². The van der Waals surface area contributed by atoms with Crippen LogP contribution >= 0.6 is 0 Å². The van der Waals surface area contributed by atoms with Crippen molar-refractivity contribution in [3.8, 4) is 5.75 Å². The first kappa shape index (κ1) is 21.7. The van der Waals surface area contributed by atoms with Crippen molar-refractivity contribution >= 4 is 17.3 Å². The van der Waals surface area contributed by atoms with Crippen LogP contribution in [0.1, 0.15) is 48.9 Å². The third-order valence-corrected chi connectivity index (χ3v) is 6.71. The van der Waals surface area contributed by atoms with E-state index >= 15 is 0 Å². The summed E-state index contributed by atoms with van der Waals surface area (Å²) < 4.78 is 5.94. The molecule has 1 saturated carbocycles. The molecule has 0 radical (unpaired) electrons. The van der Waals surface area contributed by atoms with Crippen LogP contribution in [0.5, 0.6) is 5.75 Å². The predicted molar refractivity (Wildman–Crippen MR) is 127 cm³/mol. The summed E-state index contributed by atoms with van der Waals surface area (Å²) in [5.74, 6) is 1.42. The minimum Gasteiger partial charge on any atom is -0.493 e. The lowest BCUT2D eigenvalue weighted by Crippen LogP contribution is -2.31. The zero-order valence-corrected chi connectivity index (χ0v) is 18.8. The Kier molecular flexibility index (Phi) is 7.13. The van der Waals surface area contributed by atoms with Crippen LogP contribution in [-0.4, -0.2) is 50.6 Å². The molecule has 4 rings (SSSR count). The standard InChI is InChI=1S/C26H35N3O2/c1-28(2)24-16-17-29(18-24)23-12-10-22(11-13-23)27-26(30)21-8-14-25(15-9-21)31-19-20-6-4-3-5-7-20/h8-15,20,24H,3-7,16-19H2,1-2H3,(H,27,30). The maximum atomic E-state index is 12.6. The average molecular weight is 422 g/mol. The number of nitrogens with zero attached hydrogens (tertiary/aromatic N) is 2. The molecule has 1 aliphatic carbocycles. The number of likely N-dealkylation sites (N-methyl/N-ethyl adjacent to an activating group) is 1. The second kappa shape index (κ2) is 10.2. The Morgan fingerprint density at radius 2 is 1.71 bits per heavy atom. The molecule has 1 unspecified atom stereocenters. The Morgan fingerprint density at radius 3 is 2.35 bits per heavy atom. The Morgan fingerprint density at radius 1 is 1.00 bits per heavy atom. The molecule has 0 aromatic heterocycles. The molecule has 1 aliphatic heterocycles. The average Bonchev–Trinajstić information content (AvgIpc) is 3.30. The van der Waals surface area contributed by atoms with E-state index in [2.05, 4.69) is 41.3 Å². The summed E-state index contributed by atoms with van der Waals surface area (Å²) in [6, 6.07) is 16.2. The van der Waals surface area contributed by atoms with Crippen LogP contribution in [0.25, 0.3) is 0 Å². The van der Waals surface area contributed by atoms with Gasteiger partial charge in [-0.15, -0.1) is 0 Å². The number of benzene rings is 2. The summed E-state index contributed by atoms with van der Waals surface area (Å²) in [5.41, 5.74) is 2.67. The molecule has 2 aliphatic rings. The van der Waals surface area contributed by atoms with Crippen molar-refractivity contribution in [2.75, 3.05) is 44.0 Å². The van der Waals surface area contributed by atoms with Crippen molar-refractivity contribution in [1.29, 1.82) is 0 Å². The van der Waals surface area contributed by atoms with Gasteiger partial charge in [0.1, 0.15) is 5.75 Å². The van der Waals surface area contributed by atoms with E-state index in [4.69, 9.17) is 4.74 Å². The zero-order chi connectivity index (χ0) is 21.6. The fourth-order valence-corrected chi connectivity index (χ4v) is 4.63. The number of nitrogens with one attached hydrogen (secondary N) is 1. The SMILES string of the molecule is CN(C)C1CCN(c2ccc(NC(=O)c3ccc(OCC4CCCCC4)cc3)cc2)C1. The molecule has 1 amide bonds. The number of carbonyl (C=O) groups is 1. The van der Waals surface area contributed by atoms with E-state index < -0.39 is 0 Å². The summed E-state index contributed by atoms with van der Waals surface area (Å²) >= 11 is 0. The van der Waals surface area contributed by atoms with Gasteiger partial charge in [0.05, 0.1) is 6.61 Å². The van der Waals surface area contributed by atoms with E-state index in [-0.39, 0.29) is 5.91 Å². The van der Waals surface area contributed by atoms with E-state index in [1.54, 1.807) is 0 Å². The van der Waals surface area contributed by atoms with E-state index in [0.29, 0.717) is 17.5 Å². The minimum atomic E-state index is -0.0968. The van der Waals surface area contributed by atoms with Crippen LogP contribution in [0.2, 0.25) is 0 Å². The molecular formula is C26H35N3O2. The van der Waals surface area contributed by atoms with Gasteiger partial charge in [-0.3, -0.25) is 4.79 Å². The molecule has 1 atom stereocenters. The molecule has 1 saturated heterocycles. The molecule has 5 heteroatoms. The maximum Gasteiger partial charge on any atom is 0.255 e. The highest BCUT2D eigenvalue weighted by Crippen LogP contribution is 2.26. The number of hydrogen-bond acceptors (Lipinski definition) is 4. The summed E-state index contributed by atoms with van der Waals surface area (Å²) in [6.45, 7) is 2.90. The van der Waals surface area contributed by atoms with Crippen LogP contribution in [-0.2, 0) is 0 Å². The van der Waals surface area contributed by atoms with Gasteiger partial charge in [0.25, 0.3) is 5.91 Å². The quantitative estimate of drug-likeness (QED) is 0.680. The van der Waals surface area contributed by atoms with Gasteiger partial charge in [-0.2, -0.15) is 0 Å². The maximum absolute atomic E-state index is 12.6. The molecule has 0 spiro atoms. The lowest BCUT2D eigenvalue weighted by molar-refractivity contribution is 0.102. The van der Waals surface area contributed by atoms with Gasteiger partial charge in [-0.25, -0.2) is 0 Å². The Labute approximate surface area is 186 Å². The number of anilines is 2. The lowest BCUT2D eigenvalue weighted by atomic mass is 9.90. The third kappa shape index (κ3) is 5.79. The molecule has 31 heavy (non-hydrogen) atoms. The fourth-order valence-electron chi connectivity index (χ4n) is 4.63. The van der Waals surface area contributed by atoms with Gasteiger partial charge in [0, 0.05) is 36.1 Å². The van der Waals surface area contributed by atoms with Crippen LogP contribution in [0.3, 0.4) is 0 Å². The summed E-state index contributed by atoms with van der Waals surface area (Å²) in [6.07, 6.45) is 7.73. The Bertz CT molecular complexity index is 842.